The van der Waals surface area contributed by atoms with Crippen LogP contribution < -0.4 is 11.1 Å². The van der Waals surface area contributed by atoms with E-state index in [2.05, 4.69) is 5.32 Å². The van der Waals surface area contributed by atoms with Gasteiger partial charge in [0, 0.05) is 31.7 Å². The molecular formula is C13H18ClN3O3S. The molecule has 1 amide bonds. The van der Waals surface area contributed by atoms with Gasteiger partial charge in [-0.1, -0.05) is 11.6 Å². The Bertz CT molecular complexity index is 640. The van der Waals surface area contributed by atoms with Gasteiger partial charge < -0.3 is 11.1 Å². The molecule has 1 fully saturated rings. The SMILES string of the molecule is CC(=O)NC1CCN(S(=O)(=O)c2ccc(N)cc2Cl)CC1. The fraction of sp³-hybridized carbons (Fsp3) is 0.462. The summed E-state index contributed by atoms with van der Waals surface area (Å²) >= 11 is 5.99. The third-order valence-corrected chi connectivity index (χ3v) is 5.82. The van der Waals surface area contributed by atoms with Gasteiger partial charge >= 0.3 is 0 Å². The summed E-state index contributed by atoms with van der Waals surface area (Å²) in [5.74, 6) is -0.0992. The van der Waals surface area contributed by atoms with Crippen LogP contribution in [-0.2, 0) is 14.8 Å². The summed E-state index contributed by atoms with van der Waals surface area (Å²) in [6.07, 6.45) is 1.18. The summed E-state index contributed by atoms with van der Waals surface area (Å²) in [7, 11) is -3.63. The number of amides is 1. The van der Waals surface area contributed by atoms with Crippen LogP contribution in [0.15, 0.2) is 23.1 Å². The van der Waals surface area contributed by atoms with Crippen LogP contribution in [0.5, 0.6) is 0 Å². The van der Waals surface area contributed by atoms with Crippen molar-refractivity contribution in [2.75, 3.05) is 18.8 Å². The molecule has 1 aromatic carbocycles. The lowest BCUT2D eigenvalue weighted by Gasteiger charge is -2.31. The monoisotopic (exact) mass is 331 g/mol. The van der Waals surface area contributed by atoms with E-state index in [0.29, 0.717) is 31.6 Å². The number of halogens is 1. The van der Waals surface area contributed by atoms with E-state index in [0.717, 1.165) is 0 Å². The van der Waals surface area contributed by atoms with E-state index in [9.17, 15) is 13.2 Å². The molecule has 0 saturated carbocycles. The zero-order valence-corrected chi connectivity index (χ0v) is 13.2. The number of carbonyl (C=O) groups excluding carboxylic acids is 1. The number of hydrogen-bond acceptors (Lipinski definition) is 4. The molecule has 1 saturated heterocycles. The zero-order chi connectivity index (χ0) is 15.6. The topological polar surface area (TPSA) is 92.5 Å². The van der Waals surface area contributed by atoms with Crippen molar-refractivity contribution in [3.05, 3.63) is 23.2 Å². The molecule has 0 aromatic heterocycles. The first-order valence-electron chi connectivity index (χ1n) is 6.63. The molecule has 1 aromatic rings. The average Bonchev–Trinajstić information content (AvgIpc) is 2.38. The molecular weight excluding hydrogens is 314 g/mol. The van der Waals surface area contributed by atoms with Gasteiger partial charge in [0.2, 0.25) is 15.9 Å². The number of hydrogen-bond donors (Lipinski definition) is 2. The molecule has 1 aliphatic heterocycles. The first-order chi connectivity index (χ1) is 9.80. The highest BCUT2D eigenvalue weighted by Crippen LogP contribution is 2.28. The molecule has 0 radical (unpaired) electrons. The molecule has 1 heterocycles. The number of nitrogens with two attached hydrogens (primary N) is 1. The standard InChI is InChI=1S/C13H18ClN3O3S/c1-9(18)16-11-4-6-17(7-5-11)21(19,20)13-3-2-10(15)8-12(13)14/h2-3,8,11H,4-7,15H2,1H3,(H,16,18). The van der Waals surface area contributed by atoms with Crippen LogP contribution in [0, 0.1) is 0 Å². The maximum Gasteiger partial charge on any atom is 0.244 e. The highest BCUT2D eigenvalue weighted by molar-refractivity contribution is 7.89. The lowest BCUT2D eigenvalue weighted by Crippen LogP contribution is -2.46. The molecule has 6 nitrogen and oxygen atoms in total. The fourth-order valence-electron chi connectivity index (χ4n) is 2.39. The Morgan fingerprint density at radius 3 is 2.52 bits per heavy atom. The summed E-state index contributed by atoms with van der Waals surface area (Å²) in [5, 5.41) is 2.93. The van der Waals surface area contributed by atoms with Gasteiger partial charge in [0.1, 0.15) is 4.90 Å². The maximum atomic E-state index is 12.6. The normalized spacial score (nSPS) is 17.6. The minimum atomic E-state index is -3.63. The third-order valence-electron chi connectivity index (χ3n) is 3.44. The van der Waals surface area contributed by atoms with Crippen molar-refractivity contribution in [2.24, 2.45) is 0 Å². The van der Waals surface area contributed by atoms with E-state index in [1.165, 1.54) is 29.4 Å². The van der Waals surface area contributed by atoms with E-state index in [1.807, 2.05) is 0 Å². The Labute approximate surface area is 129 Å². The molecule has 0 bridgehead atoms. The minimum Gasteiger partial charge on any atom is -0.399 e. The Kier molecular flexibility index (Phi) is 4.75. The van der Waals surface area contributed by atoms with Gasteiger partial charge in [0.15, 0.2) is 0 Å². The predicted octanol–water partition coefficient (Wildman–Crippen LogP) is 1.21. The summed E-state index contributed by atoms with van der Waals surface area (Å²) in [4.78, 5) is 11.1. The molecule has 21 heavy (non-hydrogen) atoms. The van der Waals surface area contributed by atoms with E-state index in [4.69, 9.17) is 17.3 Å². The summed E-state index contributed by atoms with van der Waals surface area (Å²) in [6, 6.07) is 4.39. The van der Waals surface area contributed by atoms with Gasteiger partial charge in [-0.3, -0.25) is 4.79 Å². The second-order valence-electron chi connectivity index (χ2n) is 5.07. The second-order valence-corrected chi connectivity index (χ2v) is 7.38. The molecule has 0 spiro atoms. The number of benzene rings is 1. The number of nitrogen functional groups attached to an aromatic ring is 1. The second kappa shape index (κ2) is 6.21. The first kappa shape index (κ1) is 16.1. The zero-order valence-electron chi connectivity index (χ0n) is 11.7. The lowest BCUT2D eigenvalue weighted by molar-refractivity contribution is -0.119. The molecule has 1 aliphatic rings. The third kappa shape index (κ3) is 3.66. The Balaban J connectivity index is 2.13. The number of piperidine rings is 1. The van der Waals surface area contributed by atoms with E-state index in [1.54, 1.807) is 0 Å². The summed E-state index contributed by atoms with van der Waals surface area (Å²) in [5.41, 5.74) is 6.00. The molecule has 116 valence electrons. The predicted molar refractivity (Wildman–Crippen MR) is 81.5 cm³/mol. The number of nitrogens with zero attached hydrogens (tertiary/aromatic N) is 1. The molecule has 0 unspecified atom stereocenters. The van der Waals surface area contributed by atoms with Crippen molar-refractivity contribution >= 4 is 33.2 Å². The number of carbonyl (C=O) groups is 1. The van der Waals surface area contributed by atoms with Crippen LogP contribution in [0.4, 0.5) is 5.69 Å². The van der Waals surface area contributed by atoms with Crippen LogP contribution in [0.25, 0.3) is 0 Å². The van der Waals surface area contributed by atoms with Crippen molar-refractivity contribution in [1.29, 1.82) is 0 Å². The van der Waals surface area contributed by atoms with Gasteiger partial charge in [-0.2, -0.15) is 4.31 Å². The number of nitrogens with one attached hydrogen (secondary N) is 1. The minimum absolute atomic E-state index is 0.0239. The average molecular weight is 332 g/mol. The van der Waals surface area contributed by atoms with Crippen LogP contribution in [-0.4, -0.2) is 37.8 Å². The number of anilines is 1. The van der Waals surface area contributed by atoms with Crippen molar-refractivity contribution in [2.45, 2.75) is 30.7 Å². The quantitative estimate of drug-likeness (QED) is 0.814. The number of rotatable bonds is 3. The van der Waals surface area contributed by atoms with E-state index in [-0.39, 0.29) is 21.9 Å². The first-order valence-corrected chi connectivity index (χ1v) is 8.45. The number of sulfonamides is 1. The smallest absolute Gasteiger partial charge is 0.244 e. The van der Waals surface area contributed by atoms with Gasteiger partial charge in [-0.25, -0.2) is 8.42 Å². The van der Waals surface area contributed by atoms with Crippen molar-refractivity contribution < 1.29 is 13.2 Å². The highest BCUT2D eigenvalue weighted by atomic mass is 35.5. The van der Waals surface area contributed by atoms with Gasteiger partial charge in [0.25, 0.3) is 0 Å². The summed E-state index contributed by atoms with van der Waals surface area (Å²) < 4.78 is 26.5. The molecule has 2 rings (SSSR count). The molecule has 0 aliphatic carbocycles. The summed E-state index contributed by atoms with van der Waals surface area (Å²) in [6.45, 7) is 2.17. The lowest BCUT2D eigenvalue weighted by atomic mass is 10.1. The van der Waals surface area contributed by atoms with Crippen LogP contribution in [0.3, 0.4) is 0 Å². The van der Waals surface area contributed by atoms with Crippen molar-refractivity contribution in [3.63, 3.8) is 0 Å². The Morgan fingerprint density at radius 2 is 2.00 bits per heavy atom. The maximum absolute atomic E-state index is 12.6. The molecule has 0 atom stereocenters. The Morgan fingerprint density at radius 1 is 1.38 bits per heavy atom. The van der Waals surface area contributed by atoms with E-state index < -0.39 is 10.0 Å². The largest absolute Gasteiger partial charge is 0.399 e. The van der Waals surface area contributed by atoms with Gasteiger partial charge in [-0.15, -0.1) is 0 Å². The highest BCUT2D eigenvalue weighted by Gasteiger charge is 2.31. The van der Waals surface area contributed by atoms with Crippen molar-refractivity contribution in [1.82, 2.24) is 9.62 Å². The van der Waals surface area contributed by atoms with Gasteiger partial charge in [-0.05, 0) is 31.0 Å². The van der Waals surface area contributed by atoms with Crippen LogP contribution in [0.1, 0.15) is 19.8 Å². The fourth-order valence-corrected chi connectivity index (χ4v) is 4.39. The molecule has 8 heteroatoms. The van der Waals surface area contributed by atoms with E-state index >= 15 is 0 Å². The van der Waals surface area contributed by atoms with Gasteiger partial charge in [0.05, 0.1) is 5.02 Å². The van der Waals surface area contributed by atoms with Crippen LogP contribution >= 0.6 is 11.6 Å². The van der Waals surface area contributed by atoms with Crippen LogP contribution in [0.2, 0.25) is 5.02 Å². The molecule has 3 N–H and O–H groups in total. The van der Waals surface area contributed by atoms with Crippen molar-refractivity contribution in [3.8, 4) is 0 Å². The Hall–Kier alpha value is -1.31.